The Balaban J connectivity index is 2.26. The number of benzene rings is 1. The molecule has 1 heterocycles. The van der Waals surface area contributed by atoms with Crippen molar-refractivity contribution in [2.45, 2.75) is 12.5 Å². The molecule has 94 valence electrons. The molecule has 18 heavy (non-hydrogen) atoms. The SMILES string of the molecule is NNC(Cc1c(F)cccc1Cl)c1ccccn1. The van der Waals surface area contributed by atoms with Gasteiger partial charge in [0.05, 0.1) is 11.7 Å². The van der Waals surface area contributed by atoms with Gasteiger partial charge in [-0.3, -0.25) is 16.3 Å². The number of hydrogen-bond acceptors (Lipinski definition) is 3. The third kappa shape index (κ3) is 2.85. The van der Waals surface area contributed by atoms with Crippen molar-refractivity contribution in [3.8, 4) is 0 Å². The quantitative estimate of drug-likeness (QED) is 0.660. The summed E-state index contributed by atoms with van der Waals surface area (Å²) in [5.74, 6) is 5.16. The Labute approximate surface area is 110 Å². The molecule has 0 bridgehead atoms. The van der Waals surface area contributed by atoms with E-state index in [1.165, 1.54) is 6.07 Å². The molecular formula is C13H13ClFN3. The molecular weight excluding hydrogens is 253 g/mol. The van der Waals surface area contributed by atoms with Crippen LogP contribution in [0.5, 0.6) is 0 Å². The highest BCUT2D eigenvalue weighted by Crippen LogP contribution is 2.24. The van der Waals surface area contributed by atoms with Gasteiger partial charge in [0.25, 0.3) is 0 Å². The molecule has 0 aliphatic heterocycles. The van der Waals surface area contributed by atoms with Crippen LogP contribution in [0.25, 0.3) is 0 Å². The fourth-order valence-corrected chi connectivity index (χ4v) is 2.00. The third-order valence-corrected chi connectivity index (χ3v) is 3.07. The maximum atomic E-state index is 13.7. The van der Waals surface area contributed by atoms with E-state index in [2.05, 4.69) is 10.4 Å². The standard InChI is InChI=1S/C13H13ClFN3/c14-10-4-3-5-11(15)9(10)8-13(18-16)12-6-1-2-7-17-12/h1-7,13,18H,8,16H2. The average Bonchev–Trinajstić information content (AvgIpc) is 2.40. The zero-order valence-corrected chi connectivity index (χ0v) is 10.4. The van der Waals surface area contributed by atoms with Crippen molar-refractivity contribution in [1.82, 2.24) is 10.4 Å². The Morgan fingerprint density at radius 1 is 1.28 bits per heavy atom. The van der Waals surface area contributed by atoms with Gasteiger partial charge in [-0.2, -0.15) is 0 Å². The molecule has 0 radical (unpaired) electrons. The van der Waals surface area contributed by atoms with Crippen LogP contribution in [-0.4, -0.2) is 4.98 Å². The monoisotopic (exact) mass is 265 g/mol. The van der Waals surface area contributed by atoms with Gasteiger partial charge in [0.2, 0.25) is 0 Å². The number of pyridine rings is 1. The summed E-state index contributed by atoms with van der Waals surface area (Å²) in [4.78, 5) is 4.20. The molecule has 0 fully saturated rings. The minimum Gasteiger partial charge on any atom is -0.271 e. The van der Waals surface area contributed by atoms with E-state index in [0.29, 0.717) is 17.0 Å². The zero-order chi connectivity index (χ0) is 13.0. The minimum atomic E-state index is -0.335. The van der Waals surface area contributed by atoms with E-state index in [1.807, 2.05) is 18.2 Å². The molecule has 2 rings (SSSR count). The van der Waals surface area contributed by atoms with E-state index in [4.69, 9.17) is 17.4 Å². The van der Waals surface area contributed by atoms with Crippen LogP contribution in [-0.2, 0) is 6.42 Å². The number of hydrazine groups is 1. The first-order valence-electron chi connectivity index (χ1n) is 5.52. The van der Waals surface area contributed by atoms with Crippen molar-refractivity contribution in [1.29, 1.82) is 0 Å². The topological polar surface area (TPSA) is 50.9 Å². The normalized spacial score (nSPS) is 12.4. The van der Waals surface area contributed by atoms with E-state index in [9.17, 15) is 4.39 Å². The molecule has 0 saturated carbocycles. The molecule has 0 saturated heterocycles. The summed E-state index contributed by atoms with van der Waals surface area (Å²) in [7, 11) is 0. The van der Waals surface area contributed by atoms with Crippen LogP contribution < -0.4 is 11.3 Å². The van der Waals surface area contributed by atoms with Gasteiger partial charge in [0.1, 0.15) is 5.82 Å². The van der Waals surface area contributed by atoms with Gasteiger partial charge in [0.15, 0.2) is 0 Å². The van der Waals surface area contributed by atoms with Crippen LogP contribution in [0.4, 0.5) is 4.39 Å². The first-order chi connectivity index (χ1) is 8.72. The van der Waals surface area contributed by atoms with E-state index in [1.54, 1.807) is 18.3 Å². The number of halogens is 2. The summed E-state index contributed by atoms with van der Waals surface area (Å²) in [6.45, 7) is 0. The Kier molecular flexibility index (Phi) is 4.25. The van der Waals surface area contributed by atoms with Gasteiger partial charge in [-0.25, -0.2) is 4.39 Å². The van der Waals surface area contributed by atoms with E-state index >= 15 is 0 Å². The van der Waals surface area contributed by atoms with Gasteiger partial charge in [-0.1, -0.05) is 23.7 Å². The van der Waals surface area contributed by atoms with Crippen molar-refractivity contribution in [3.63, 3.8) is 0 Å². The molecule has 2 aromatic rings. The first-order valence-corrected chi connectivity index (χ1v) is 5.90. The van der Waals surface area contributed by atoms with Crippen molar-refractivity contribution in [3.05, 3.63) is 64.7 Å². The van der Waals surface area contributed by atoms with Gasteiger partial charge >= 0.3 is 0 Å². The molecule has 0 amide bonds. The number of nitrogens with zero attached hydrogens (tertiary/aromatic N) is 1. The average molecular weight is 266 g/mol. The van der Waals surface area contributed by atoms with Gasteiger partial charge in [-0.15, -0.1) is 0 Å². The molecule has 1 atom stereocenters. The maximum Gasteiger partial charge on any atom is 0.127 e. The largest absolute Gasteiger partial charge is 0.271 e. The second kappa shape index (κ2) is 5.91. The summed E-state index contributed by atoms with van der Waals surface area (Å²) in [5, 5.41) is 0.395. The number of rotatable bonds is 4. The van der Waals surface area contributed by atoms with Crippen molar-refractivity contribution < 1.29 is 4.39 Å². The molecule has 0 aliphatic carbocycles. The zero-order valence-electron chi connectivity index (χ0n) is 9.61. The highest BCUT2D eigenvalue weighted by molar-refractivity contribution is 6.31. The Morgan fingerprint density at radius 2 is 2.11 bits per heavy atom. The lowest BCUT2D eigenvalue weighted by molar-refractivity contribution is 0.519. The Morgan fingerprint density at radius 3 is 2.72 bits per heavy atom. The van der Waals surface area contributed by atoms with E-state index in [0.717, 1.165) is 5.69 Å². The lowest BCUT2D eigenvalue weighted by Gasteiger charge is -2.16. The van der Waals surface area contributed by atoms with E-state index < -0.39 is 0 Å². The van der Waals surface area contributed by atoms with Crippen LogP contribution >= 0.6 is 11.6 Å². The minimum absolute atomic E-state index is 0.277. The molecule has 3 N–H and O–H groups in total. The lowest BCUT2D eigenvalue weighted by Crippen LogP contribution is -2.30. The molecule has 3 nitrogen and oxygen atoms in total. The highest BCUT2D eigenvalue weighted by Gasteiger charge is 2.16. The van der Waals surface area contributed by atoms with Crippen molar-refractivity contribution in [2.75, 3.05) is 0 Å². The third-order valence-electron chi connectivity index (χ3n) is 2.72. The fraction of sp³-hybridized carbons (Fsp3) is 0.154. The fourth-order valence-electron chi connectivity index (χ4n) is 1.76. The first kappa shape index (κ1) is 13.0. The van der Waals surface area contributed by atoms with Crippen LogP contribution in [0.2, 0.25) is 5.02 Å². The Hall–Kier alpha value is -1.49. The maximum absolute atomic E-state index is 13.7. The molecule has 1 unspecified atom stereocenters. The van der Waals surface area contributed by atoms with E-state index in [-0.39, 0.29) is 11.9 Å². The van der Waals surface area contributed by atoms with Crippen molar-refractivity contribution >= 4 is 11.6 Å². The predicted molar refractivity (Wildman–Crippen MR) is 69.4 cm³/mol. The molecule has 1 aromatic carbocycles. The van der Waals surface area contributed by atoms with Crippen molar-refractivity contribution in [2.24, 2.45) is 5.84 Å². The number of hydrogen-bond donors (Lipinski definition) is 2. The van der Waals surface area contributed by atoms with Gasteiger partial charge in [-0.05, 0) is 30.7 Å². The van der Waals surface area contributed by atoms with Crippen LogP contribution in [0.15, 0.2) is 42.6 Å². The van der Waals surface area contributed by atoms with Crippen LogP contribution in [0.3, 0.4) is 0 Å². The summed E-state index contributed by atoms with van der Waals surface area (Å²) >= 11 is 5.99. The lowest BCUT2D eigenvalue weighted by atomic mass is 10.0. The predicted octanol–water partition coefficient (Wildman–Crippen LogP) is 2.62. The number of aromatic nitrogens is 1. The molecule has 0 aliphatic rings. The summed E-state index contributed by atoms with van der Waals surface area (Å²) in [6, 6.07) is 9.84. The molecule has 0 spiro atoms. The highest BCUT2D eigenvalue weighted by atomic mass is 35.5. The Bertz CT molecular complexity index is 499. The second-order valence-electron chi connectivity index (χ2n) is 3.88. The number of nitrogens with two attached hydrogens (primary N) is 1. The summed E-state index contributed by atoms with van der Waals surface area (Å²) < 4.78 is 13.7. The molecule has 1 aromatic heterocycles. The van der Waals surface area contributed by atoms with Gasteiger partial charge in [0, 0.05) is 16.8 Å². The summed E-state index contributed by atoms with van der Waals surface area (Å²) in [6.07, 6.45) is 2.02. The second-order valence-corrected chi connectivity index (χ2v) is 4.29. The smallest absolute Gasteiger partial charge is 0.127 e. The summed E-state index contributed by atoms with van der Waals surface area (Å²) in [5.41, 5.74) is 3.82. The number of nitrogens with one attached hydrogen (secondary N) is 1. The van der Waals surface area contributed by atoms with Gasteiger partial charge < -0.3 is 0 Å². The van der Waals surface area contributed by atoms with Crippen LogP contribution in [0, 0.1) is 5.82 Å². The molecule has 5 heteroatoms. The van der Waals surface area contributed by atoms with Crippen LogP contribution in [0.1, 0.15) is 17.3 Å².